The molecule has 0 radical (unpaired) electrons. The van der Waals surface area contributed by atoms with Gasteiger partial charge in [-0.1, -0.05) is 233 Å². The third-order valence-electron chi connectivity index (χ3n) is 12.2. The van der Waals surface area contributed by atoms with Gasteiger partial charge in [0.25, 0.3) is 0 Å². The second-order valence-corrected chi connectivity index (χ2v) is 18.5. The van der Waals surface area contributed by atoms with Crippen LogP contribution in [0.1, 0.15) is 297 Å². The van der Waals surface area contributed by atoms with Crippen molar-refractivity contribution in [2.75, 3.05) is 13.2 Å². The molecular formula is C54H102O8. The number of carbonyl (C=O) groups excluding carboxylic acids is 4. The molecule has 0 spiro atoms. The highest BCUT2D eigenvalue weighted by Gasteiger charge is 2.25. The van der Waals surface area contributed by atoms with E-state index in [-0.39, 0.29) is 43.5 Å². The number of esters is 4. The minimum absolute atomic E-state index is 0.0789. The van der Waals surface area contributed by atoms with Gasteiger partial charge in [0.2, 0.25) is 0 Å². The quantitative estimate of drug-likeness (QED) is 0.0338. The van der Waals surface area contributed by atoms with Gasteiger partial charge in [-0.15, -0.1) is 0 Å². The van der Waals surface area contributed by atoms with Crippen molar-refractivity contribution < 1.29 is 38.1 Å². The van der Waals surface area contributed by atoms with Gasteiger partial charge in [-0.2, -0.15) is 0 Å². The third-order valence-corrected chi connectivity index (χ3v) is 12.2. The topological polar surface area (TPSA) is 105 Å². The van der Waals surface area contributed by atoms with Gasteiger partial charge in [-0.05, 0) is 25.7 Å². The molecule has 0 bridgehead atoms. The molecule has 2 unspecified atom stereocenters. The first-order valence-corrected chi connectivity index (χ1v) is 27.1. The van der Waals surface area contributed by atoms with Gasteiger partial charge in [0, 0.05) is 38.5 Å². The van der Waals surface area contributed by atoms with E-state index in [4.69, 9.17) is 18.9 Å². The lowest BCUT2D eigenvalue weighted by molar-refractivity contribution is -0.164. The van der Waals surface area contributed by atoms with E-state index in [1.54, 1.807) is 0 Å². The second-order valence-electron chi connectivity index (χ2n) is 18.5. The van der Waals surface area contributed by atoms with Gasteiger partial charge < -0.3 is 18.9 Å². The lowest BCUT2D eigenvalue weighted by Gasteiger charge is -2.24. The van der Waals surface area contributed by atoms with Crippen LogP contribution in [0.4, 0.5) is 0 Å². The lowest BCUT2D eigenvalue weighted by Crippen LogP contribution is -2.32. The van der Waals surface area contributed by atoms with Gasteiger partial charge >= 0.3 is 23.9 Å². The predicted molar refractivity (Wildman–Crippen MR) is 258 cm³/mol. The van der Waals surface area contributed by atoms with Crippen LogP contribution in [-0.4, -0.2) is 49.3 Å². The highest BCUT2D eigenvalue weighted by atomic mass is 16.6. The SMILES string of the molecule is CCCCCCCCCCCC(=O)OCCC(CC(COC(=O)CCCCCCCCCCC)OC(=O)CCCCCCCCCCC)OC(=O)CCCCCCCCCCC. The van der Waals surface area contributed by atoms with Crippen LogP contribution in [0.2, 0.25) is 0 Å². The standard InChI is InChI=1S/C54H102O8/c1-5-9-13-17-21-25-29-33-37-41-51(55)59-46-45-49(61-53(57)43-39-35-31-27-23-19-15-11-7-3)47-50(62-54(58)44-40-36-32-28-24-20-16-12-8-4)48-60-52(56)42-38-34-30-26-22-18-14-10-6-2/h49-50H,5-48H2,1-4H3. The van der Waals surface area contributed by atoms with Crippen LogP contribution in [0.3, 0.4) is 0 Å². The Labute approximate surface area is 383 Å². The van der Waals surface area contributed by atoms with Gasteiger partial charge in [-0.3, -0.25) is 19.2 Å². The Morgan fingerprint density at radius 1 is 0.306 bits per heavy atom. The minimum Gasteiger partial charge on any atom is -0.466 e. The zero-order chi connectivity index (χ0) is 45.4. The maximum Gasteiger partial charge on any atom is 0.306 e. The van der Waals surface area contributed by atoms with Crippen LogP contribution in [0.25, 0.3) is 0 Å². The van der Waals surface area contributed by atoms with Gasteiger partial charge in [0.05, 0.1) is 6.61 Å². The molecule has 0 aliphatic carbocycles. The summed E-state index contributed by atoms with van der Waals surface area (Å²) in [5.74, 6) is -1.14. The summed E-state index contributed by atoms with van der Waals surface area (Å²) in [4.78, 5) is 51.8. The summed E-state index contributed by atoms with van der Waals surface area (Å²) in [6, 6.07) is 0. The van der Waals surface area contributed by atoms with E-state index in [0.717, 1.165) is 77.0 Å². The maximum absolute atomic E-state index is 13.2. The van der Waals surface area contributed by atoms with Crippen molar-refractivity contribution in [3.05, 3.63) is 0 Å². The van der Waals surface area contributed by atoms with Gasteiger partial charge in [0.15, 0.2) is 0 Å². The molecule has 0 saturated carbocycles. The Morgan fingerprint density at radius 2 is 0.565 bits per heavy atom. The summed E-state index contributed by atoms with van der Waals surface area (Å²) in [5.41, 5.74) is 0. The minimum atomic E-state index is -0.753. The van der Waals surface area contributed by atoms with E-state index in [2.05, 4.69) is 27.7 Å². The highest BCUT2D eigenvalue weighted by Crippen LogP contribution is 2.19. The number of unbranched alkanes of at least 4 members (excludes halogenated alkanes) is 32. The molecule has 8 nitrogen and oxygen atoms in total. The monoisotopic (exact) mass is 879 g/mol. The molecule has 0 aliphatic heterocycles. The predicted octanol–water partition coefficient (Wildman–Crippen LogP) is 16.4. The molecule has 62 heavy (non-hydrogen) atoms. The summed E-state index contributed by atoms with van der Waals surface area (Å²) in [6.45, 7) is 8.97. The van der Waals surface area contributed by atoms with Crippen molar-refractivity contribution >= 4 is 23.9 Å². The Kier molecular flexibility index (Phi) is 46.7. The van der Waals surface area contributed by atoms with E-state index < -0.39 is 12.2 Å². The molecule has 0 heterocycles. The molecule has 0 aromatic heterocycles. The first-order valence-electron chi connectivity index (χ1n) is 27.1. The Hall–Kier alpha value is -2.12. The summed E-state index contributed by atoms with van der Waals surface area (Å²) in [6.07, 6.45) is 42.3. The van der Waals surface area contributed by atoms with Crippen molar-refractivity contribution in [1.29, 1.82) is 0 Å². The molecule has 0 fully saturated rings. The average Bonchev–Trinajstić information content (AvgIpc) is 3.25. The largest absolute Gasteiger partial charge is 0.466 e. The molecule has 366 valence electrons. The Balaban J connectivity index is 5.29. The van der Waals surface area contributed by atoms with Crippen molar-refractivity contribution in [3.8, 4) is 0 Å². The molecule has 0 aromatic carbocycles. The molecular weight excluding hydrogens is 777 g/mol. The van der Waals surface area contributed by atoms with Crippen LogP contribution in [0, 0.1) is 0 Å². The van der Waals surface area contributed by atoms with E-state index in [1.807, 2.05) is 0 Å². The van der Waals surface area contributed by atoms with Gasteiger partial charge in [-0.25, -0.2) is 0 Å². The molecule has 0 amide bonds. The molecule has 0 aromatic rings. The maximum atomic E-state index is 13.2. The summed E-state index contributed by atoms with van der Waals surface area (Å²) >= 11 is 0. The van der Waals surface area contributed by atoms with Crippen LogP contribution in [0.5, 0.6) is 0 Å². The first-order chi connectivity index (χ1) is 30.4. The second kappa shape index (κ2) is 48.3. The summed E-state index contributed by atoms with van der Waals surface area (Å²) < 4.78 is 23.3. The molecule has 0 aliphatic rings. The van der Waals surface area contributed by atoms with Crippen LogP contribution < -0.4 is 0 Å². The number of hydrogen-bond donors (Lipinski definition) is 0. The third kappa shape index (κ3) is 44.5. The molecule has 0 saturated heterocycles. The Bertz CT molecular complexity index is 999. The van der Waals surface area contributed by atoms with Crippen LogP contribution in [-0.2, 0) is 38.1 Å². The number of hydrogen-bond acceptors (Lipinski definition) is 8. The zero-order valence-electron chi connectivity index (χ0n) is 41.5. The number of carbonyl (C=O) groups is 4. The number of rotatable bonds is 49. The smallest absolute Gasteiger partial charge is 0.306 e. The summed E-state index contributed by atoms with van der Waals surface area (Å²) in [5, 5.41) is 0. The fourth-order valence-electron chi connectivity index (χ4n) is 8.11. The lowest BCUT2D eigenvalue weighted by atomic mass is 10.1. The van der Waals surface area contributed by atoms with Crippen molar-refractivity contribution in [1.82, 2.24) is 0 Å². The van der Waals surface area contributed by atoms with E-state index in [0.29, 0.717) is 32.1 Å². The van der Waals surface area contributed by atoms with Crippen LogP contribution in [0.15, 0.2) is 0 Å². The first kappa shape index (κ1) is 59.9. The summed E-state index contributed by atoms with van der Waals surface area (Å²) in [7, 11) is 0. The van der Waals surface area contributed by atoms with E-state index in [1.165, 1.54) is 154 Å². The highest BCUT2D eigenvalue weighted by molar-refractivity contribution is 5.71. The molecule has 0 rings (SSSR count). The molecule has 0 N–H and O–H groups in total. The fourth-order valence-corrected chi connectivity index (χ4v) is 8.11. The van der Waals surface area contributed by atoms with E-state index >= 15 is 0 Å². The average molecular weight is 879 g/mol. The Morgan fingerprint density at radius 3 is 0.887 bits per heavy atom. The van der Waals surface area contributed by atoms with Crippen molar-refractivity contribution in [2.45, 2.75) is 310 Å². The molecule has 8 heteroatoms. The van der Waals surface area contributed by atoms with Gasteiger partial charge in [0.1, 0.15) is 18.8 Å². The van der Waals surface area contributed by atoms with Crippen molar-refractivity contribution in [3.63, 3.8) is 0 Å². The van der Waals surface area contributed by atoms with Crippen molar-refractivity contribution in [2.24, 2.45) is 0 Å². The molecule has 2 atom stereocenters. The zero-order valence-corrected chi connectivity index (χ0v) is 41.5. The van der Waals surface area contributed by atoms with Crippen LogP contribution >= 0.6 is 0 Å². The fraction of sp³-hybridized carbons (Fsp3) is 0.926. The van der Waals surface area contributed by atoms with E-state index in [9.17, 15) is 19.2 Å². The number of ether oxygens (including phenoxy) is 4. The normalized spacial score (nSPS) is 12.3.